The highest BCUT2D eigenvalue weighted by molar-refractivity contribution is 5.79. The van der Waals surface area contributed by atoms with Crippen LogP contribution in [0.2, 0.25) is 0 Å². The Labute approximate surface area is 70.5 Å². The molecule has 0 spiro atoms. The van der Waals surface area contributed by atoms with Crippen molar-refractivity contribution in [3.8, 4) is 0 Å². The highest BCUT2D eigenvalue weighted by Gasteiger charge is 2.38. The Morgan fingerprint density at radius 1 is 1.67 bits per heavy atom. The summed E-state index contributed by atoms with van der Waals surface area (Å²) in [5.74, 6) is -0.105. The number of amides is 1. The summed E-state index contributed by atoms with van der Waals surface area (Å²) in [6, 6.07) is -0.623. The number of rotatable bonds is 2. The molecule has 12 heavy (non-hydrogen) atoms. The summed E-state index contributed by atoms with van der Waals surface area (Å²) in [6.45, 7) is 3.99. The van der Waals surface area contributed by atoms with Crippen molar-refractivity contribution in [2.45, 2.75) is 32.4 Å². The molecule has 0 aromatic carbocycles. The van der Waals surface area contributed by atoms with Crippen molar-refractivity contribution in [1.29, 1.82) is 0 Å². The van der Waals surface area contributed by atoms with Crippen molar-refractivity contribution in [3.63, 3.8) is 0 Å². The number of nitro groups is 1. The normalized spacial score (nSPS) is 23.8. The van der Waals surface area contributed by atoms with Crippen LogP contribution in [-0.2, 0) is 4.79 Å². The second-order valence-electron chi connectivity index (χ2n) is 3.28. The van der Waals surface area contributed by atoms with Crippen LogP contribution in [0.1, 0.15) is 20.3 Å². The van der Waals surface area contributed by atoms with Gasteiger partial charge in [0.05, 0.1) is 13.0 Å². The van der Waals surface area contributed by atoms with Crippen molar-refractivity contribution < 1.29 is 9.72 Å². The molecule has 0 aromatic heterocycles. The first-order valence-corrected chi connectivity index (χ1v) is 3.95. The molecule has 1 unspecified atom stereocenters. The van der Waals surface area contributed by atoms with Crippen LogP contribution >= 0.6 is 0 Å². The third-order valence-corrected chi connectivity index (χ3v) is 2.06. The molecule has 0 saturated carbocycles. The Bertz CT molecular complexity index is 215. The zero-order valence-electron chi connectivity index (χ0n) is 7.19. The molecule has 1 rings (SSSR count). The molecule has 1 atom stereocenters. The largest absolute Gasteiger partial charge is 0.333 e. The van der Waals surface area contributed by atoms with Crippen molar-refractivity contribution in [3.05, 3.63) is 10.1 Å². The van der Waals surface area contributed by atoms with Crippen molar-refractivity contribution >= 4 is 5.91 Å². The predicted octanol–water partition coefficient (Wildman–Crippen LogP) is 0.272. The third kappa shape index (κ3) is 1.54. The van der Waals surface area contributed by atoms with Gasteiger partial charge in [-0.3, -0.25) is 14.9 Å². The van der Waals surface area contributed by atoms with E-state index in [2.05, 4.69) is 0 Å². The van der Waals surface area contributed by atoms with Gasteiger partial charge in [-0.15, -0.1) is 0 Å². The van der Waals surface area contributed by atoms with Gasteiger partial charge in [-0.05, 0) is 13.8 Å². The average molecular weight is 172 g/mol. The van der Waals surface area contributed by atoms with Gasteiger partial charge in [0.25, 0.3) is 0 Å². The van der Waals surface area contributed by atoms with Crippen LogP contribution in [0, 0.1) is 10.1 Å². The van der Waals surface area contributed by atoms with Crippen LogP contribution in [0.4, 0.5) is 0 Å². The van der Waals surface area contributed by atoms with Gasteiger partial charge in [-0.1, -0.05) is 0 Å². The maximum Gasteiger partial charge on any atom is 0.239 e. The first-order valence-electron chi connectivity index (χ1n) is 3.95. The SMILES string of the molecule is CC(C)N1CC([N+](=O)[O-])CC1=O. The van der Waals surface area contributed by atoms with Crippen molar-refractivity contribution in [2.75, 3.05) is 6.54 Å². The molecule has 1 heterocycles. The molecule has 1 amide bonds. The Balaban J connectivity index is 2.62. The summed E-state index contributed by atoms with van der Waals surface area (Å²) in [5, 5.41) is 10.3. The third-order valence-electron chi connectivity index (χ3n) is 2.06. The van der Waals surface area contributed by atoms with Crippen LogP contribution in [0.15, 0.2) is 0 Å². The lowest BCUT2D eigenvalue weighted by molar-refractivity contribution is -0.517. The predicted molar refractivity (Wildman–Crippen MR) is 42.2 cm³/mol. The van der Waals surface area contributed by atoms with Gasteiger partial charge in [-0.25, -0.2) is 0 Å². The van der Waals surface area contributed by atoms with E-state index < -0.39 is 6.04 Å². The van der Waals surface area contributed by atoms with Crippen molar-refractivity contribution in [1.82, 2.24) is 4.90 Å². The summed E-state index contributed by atoms with van der Waals surface area (Å²) in [5.41, 5.74) is 0. The van der Waals surface area contributed by atoms with Gasteiger partial charge in [0, 0.05) is 11.0 Å². The molecule has 0 aromatic rings. The molecule has 1 fully saturated rings. The molecule has 1 saturated heterocycles. The number of likely N-dealkylation sites (tertiary alicyclic amines) is 1. The summed E-state index contributed by atoms with van der Waals surface area (Å²) < 4.78 is 0. The Kier molecular flexibility index (Phi) is 2.30. The first kappa shape index (κ1) is 8.96. The van der Waals surface area contributed by atoms with Gasteiger partial charge in [0.1, 0.15) is 0 Å². The molecule has 1 aliphatic rings. The zero-order valence-corrected chi connectivity index (χ0v) is 7.19. The molecule has 0 radical (unpaired) electrons. The second-order valence-corrected chi connectivity index (χ2v) is 3.28. The second kappa shape index (κ2) is 3.08. The monoisotopic (exact) mass is 172 g/mol. The van der Waals surface area contributed by atoms with E-state index in [-0.39, 0.29) is 29.8 Å². The minimum Gasteiger partial charge on any atom is -0.333 e. The lowest BCUT2D eigenvalue weighted by Crippen LogP contribution is -2.33. The standard InChI is InChI=1S/C7H12N2O3/c1-5(2)8-4-6(9(11)12)3-7(8)10/h5-6H,3-4H2,1-2H3. The van der Waals surface area contributed by atoms with Crippen LogP contribution in [0.5, 0.6) is 0 Å². The van der Waals surface area contributed by atoms with Crippen LogP contribution in [0.25, 0.3) is 0 Å². The first-order chi connectivity index (χ1) is 5.52. The highest BCUT2D eigenvalue weighted by Crippen LogP contribution is 2.15. The molecule has 1 aliphatic heterocycles. The van der Waals surface area contributed by atoms with E-state index in [1.54, 1.807) is 4.90 Å². The van der Waals surface area contributed by atoms with E-state index in [9.17, 15) is 14.9 Å². The fourth-order valence-electron chi connectivity index (χ4n) is 1.35. The lowest BCUT2D eigenvalue weighted by atomic mass is 10.3. The van der Waals surface area contributed by atoms with E-state index in [0.717, 1.165) is 0 Å². The number of carbonyl (C=O) groups excluding carboxylic acids is 1. The number of hydrogen-bond donors (Lipinski definition) is 0. The van der Waals surface area contributed by atoms with Gasteiger partial charge >= 0.3 is 0 Å². The minimum absolute atomic E-state index is 0.0607. The molecule has 5 nitrogen and oxygen atoms in total. The smallest absolute Gasteiger partial charge is 0.239 e. The summed E-state index contributed by atoms with van der Waals surface area (Å²) in [4.78, 5) is 22.7. The van der Waals surface area contributed by atoms with E-state index in [1.165, 1.54) is 0 Å². The molecule has 0 aliphatic carbocycles. The molecule has 5 heteroatoms. The van der Waals surface area contributed by atoms with E-state index >= 15 is 0 Å². The van der Waals surface area contributed by atoms with E-state index in [0.29, 0.717) is 0 Å². The fourth-order valence-corrected chi connectivity index (χ4v) is 1.35. The average Bonchev–Trinajstić information content (AvgIpc) is 2.30. The van der Waals surface area contributed by atoms with Crippen molar-refractivity contribution in [2.24, 2.45) is 0 Å². The fraction of sp³-hybridized carbons (Fsp3) is 0.857. The molecular weight excluding hydrogens is 160 g/mol. The molecule has 0 bridgehead atoms. The summed E-state index contributed by atoms with van der Waals surface area (Å²) >= 11 is 0. The quantitative estimate of drug-likeness (QED) is 0.443. The number of carbonyl (C=O) groups is 1. The minimum atomic E-state index is -0.695. The number of hydrogen-bond acceptors (Lipinski definition) is 3. The van der Waals surface area contributed by atoms with E-state index in [4.69, 9.17) is 0 Å². The maximum atomic E-state index is 11.2. The van der Waals surface area contributed by atoms with Gasteiger partial charge in [0.2, 0.25) is 11.9 Å². The summed E-state index contributed by atoms with van der Waals surface area (Å²) in [7, 11) is 0. The lowest BCUT2D eigenvalue weighted by Gasteiger charge is -2.18. The zero-order chi connectivity index (χ0) is 9.30. The molecular formula is C7H12N2O3. The van der Waals surface area contributed by atoms with Gasteiger partial charge in [-0.2, -0.15) is 0 Å². The van der Waals surface area contributed by atoms with E-state index in [1.807, 2.05) is 13.8 Å². The summed E-state index contributed by atoms with van der Waals surface area (Å²) in [6.07, 6.45) is 0.0607. The molecule has 68 valence electrons. The topological polar surface area (TPSA) is 63.4 Å². The van der Waals surface area contributed by atoms with Gasteiger partial charge in [0.15, 0.2) is 0 Å². The van der Waals surface area contributed by atoms with Gasteiger partial charge < -0.3 is 4.90 Å². The Morgan fingerprint density at radius 3 is 2.50 bits per heavy atom. The van der Waals surface area contributed by atoms with Crippen LogP contribution in [0.3, 0.4) is 0 Å². The molecule has 0 N–H and O–H groups in total. The van der Waals surface area contributed by atoms with Crippen LogP contribution in [-0.4, -0.2) is 34.4 Å². The maximum absolute atomic E-state index is 11.2. The number of nitrogens with zero attached hydrogens (tertiary/aromatic N) is 2. The Morgan fingerprint density at radius 2 is 2.25 bits per heavy atom. The van der Waals surface area contributed by atoms with Crippen LogP contribution < -0.4 is 0 Å². The highest BCUT2D eigenvalue weighted by atomic mass is 16.6. The Hall–Kier alpha value is -1.13.